The highest BCUT2D eigenvalue weighted by molar-refractivity contribution is 5.78. The van der Waals surface area contributed by atoms with Gasteiger partial charge in [-0.3, -0.25) is 5.41 Å². The summed E-state index contributed by atoms with van der Waals surface area (Å²) in [4.78, 5) is 0. The van der Waals surface area contributed by atoms with E-state index in [-0.39, 0.29) is 12.4 Å². The molecule has 5 N–H and O–H groups in total. The Kier molecular flexibility index (Phi) is 7.02. The normalized spacial score (nSPS) is 9.91. The molecule has 0 atom stereocenters. The summed E-state index contributed by atoms with van der Waals surface area (Å²) in [5.74, 6) is 0.0313. The van der Waals surface area contributed by atoms with Crippen molar-refractivity contribution in [2.45, 2.75) is 0 Å². The number of hydrogen-bond donors (Lipinski definition) is 3. The van der Waals surface area contributed by atoms with Gasteiger partial charge in [0.05, 0.1) is 19.8 Å². The average molecular weight is 161 g/mol. The van der Waals surface area contributed by atoms with Crippen LogP contribution in [-0.4, -0.2) is 38.8 Å². The van der Waals surface area contributed by atoms with Crippen LogP contribution in [0.3, 0.4) is 0 Å². The molecular weight excluding hydrogens is 146 g/mol. The molecule has 0 rings (SSSR count). The lowest BCUT2D eigenvalue weighted by Gasteiger charge is -2.02. The van der Waals surface area contributed by atoms with Gasteiger partial charge in [0.1, 0.15) is 12.4 Å². The number of rotatable bonds is 7. The molecular formula is C6H15N3O2. The van der Waals surface area contributed by atoms with E-state index in [2.05, 4.69) is 0 Å². The topological polar surface area (TPSA) is 94.4 Å². The first-order chi connectivity index (χ1) is 5.27. The van der Waals surface area contributed by atoms with Crippen LogP contribution < -0.4 is 11.5 Å². The lowest BCUT2D eigenvalue weighted by atomic mass is 10.6. The van der Waals surface area contributed by atoms with E-state index in [0.29, 0.717) is 26.4 Å². The van der Waals surface area contributed by atoms with E-state index in [1.54, 1.807) is 0 Å². The molecule has 66 valence electrons. The predicted molar refractivity (Wildman–Crippen MR) is 42.6 cm³/mol. The van der Waals surface area contributed by atoms with Crippen LogP contribution in [0.1, 0.15) is 0 Å². The molecule has 0 saturated heterocycles. The van der Waals surface area contributed by atoms with Crippen LogP contribution in [0.5, 0.6) is 0 Å². The van der Waals surface area contributed by atoms with Crippen LogP contribution in [0.15, 0.2) is 0 Å². The molecule has 0 radical (unpaired) electrons. The third kappa shape index (κ3) is 9.35. The van der Waals surface area contributed by atoms with Gasteiger partial charge >= 0.3 is 0 Å². The molecule has 0 saturated carbocycles. The van der Waals surface area contributed by atoms with E-state index < -0.39 is 0 Å². The van der Waals surface area contributed by atoms with Gasteiger partial charge in [0.15, 0.2) is 0 Å². The molecule has 0 aliphatic rings. The Morgan fingerprint density at radius 2 is 1.82 bits per heavy atom. The second kappa shape index (κ2) is 7.46. The Morgan fingerprint density at radius 3 is 2.36 bits per heavy atom. The SMILES string of the molecule is N=C(N)COCCOCCN. The van der Waals surface area contributed by atoms with Gasteiger partial charge < -0.3 is 20.9 Å². The molecule has 11 heavy (non-hydrogen) atoms. The van der Waals surface area contributed by atoms with Gasteiger partial charge in [-0.1, -0.05) is 0 Å². The fourth-order valence-corrected chi connectivity index (χ4v) is 0.485. The lowest BCUT2D eigenvalue weighted by molar-refractivity contribution is 0.0651. The first-order valence-corrected chi connectivity index (χ1v) is 3.46. The molecule has 0 fully saturated rings. The molecule has 0 aliphatic carbocycles. The Morgan fingerprint density at radius 1 is 1.18 bits per heavy atom. The first kappa shape index (κ1) is 10.3. The largest absolute Gasteiger partial charge is 0.386 e. The predicted octanol–water partition coefficient (Wildman–Crippen LogP) is -1.09. The maximum Gasteiger partial charge on any atom is 0.117 e. The third-order valence-electron chi connectivity index (χ3n) is 0.892. The smallest absolute Gasteiger partial charge is 0.117 e. The summed E-state index contributed by atoms with van der Waals surface area (Å²) < 4.78 is 9.93. The molecule has 0 unspecified atom stereocenters. The number of ether oxygens (including phenoxy) is 2. The van der Waals surface area contributed by atoms with Gasteiger partial charge in [0, 0.05) is 6.54 Å². The minimum absolute atomic E-state index is 0.0313. The van der Waals surface area contributed by atoms with Crippen LogP contribution in [0, 0.1) is 5.41 Å². The van der Waals surface area contributed by atoms with E-state index in [9.17, 15) is 0 Å². The lowest BCUT2D eigenvalue weighted by Crippen LogP contribution is -2.19. The monoisotopic (exact) mass is 161 g/mol. The van der Waals surface area contributed by atoms with E-state index in [4.69, 9.17) is 26.4 Å². The van der Waals surface area contributed by atoms with Crippen LogP contribution in [0.2, 0.25) is 0 Å². The van der Waals surface area contributed by atoms with Crippen molar-refractivity contribution in [3.8, 4) is 0 Å². The van der Waals surface area contributed by atoms with Gasteiger partial charge in [-0.25, -0.2) is 0 Å². The Labute approximate surface area is 66.2 Å². The summed E-state index contributed by atoms with van der Waals surface area (Å²) in [7, 11) is 0. The zero-order chi connectivity index (χ0) is 8.53. The quantitative estimate of drug-likeness (QED) is 0.251. The maximum atomic E-state index is 6.80. The minimum Gasteiger partial charge on any atom is -0.386 e. The van der Waals surface area contributed by atoms with E-state index >= 15 is 0 Å². The van der Waals surface area contributed by atoms with Gasteiger partial charge in [-0.2, -0.15) is 0 Å². The Balaban J connectivity index is 2.85. The van der Waals surface area contributed by atoms with Crippen LogP contribution in [0.4, 0.5) is 0 Å². The number of hydrogen-bond acceptors (Lipinski definition) is 4. The van der Waals surface area contributed by atoms with E-state index in [1.807, 2.05) is 0 Å². The van der Waals surface area contributed by atoms with E-state index in [0.717, 1.165) is 0 Å². The van der Waals surface area contributed by atoms with E-state index in [1.165, 1.54) is 0 Å². The van der Waals surface area contributed by atoms with Crippen LogP contribution >= 0.6 is 0 Å². The first-order valence-electron chi connectivity index (χ1n) is 3.46. The summed E-state index contributed by atoms with van der Waals surface area (Å²) in [6.07, 6.45) is 0. The average Bonchev–Trinajstić information content (AvgIpc) is 1.96. The molecule has 0 heterocycles. The second-order valence-corrected chi connectivity index (χ2v) is 1.98. The zero-order valence-corrected chi connectivity index (χ0v) is 6.51. The second-order valence-electron chi connectivity index (χ2n) is 1.98. The fraction of sp³-hybridized carbons (Fsp3) is 0.833. The highest BCUT2D eigenvalue weighted by Crippen LogP contribution is 1.76. The minimum atomic E-state index is 0.0313. The molecule has 0 amide bonds. The van der Waals surface area contributed by atoms with Gasteiger partial charge in [-0.05, 0) is 0 Å². The number of nitrogens with one attached hydrogen (secondary N) is 1. The summed E-state index contributed by atoms with van der Waals surface area (Å²) in [6, 6.07) is 0. The van der Waals surface area contributed by atoms with Crippen LogP contribution in [-0.2, 0) is 9.47 Å². The Bertz CT molecular complexity index is 108. The standard InChI is InChI=1S/C6H15N3O2/c7-1-2-10-3-4-11-5-6(8)9/h1-5,7H2,(H3,8,9). The van der Waals surface area contributed by atoms with Crippen molar-refractivity contribution in [1.82, 2.24) is 0 Å². The van der Waals surface area contributed by atoms with Crippen molar-refractivity contribution in [3.63, 3.8) is 0 Å². The molecule has 0 bridgehead atoms. The summed E-state index contributed by atoms with van der Waals surface area (Å²) in [5, 5.41) is 6.80. The van der Waals surface area contributed by atoms with Gasteiger partial charge in [0.25, 0.3) is 0 Å². The van der Waals surface area contributed by atoms with Gasteiger partial charge in [0.2, 0.25) is 0 Å². The van der Waals surface area contributed by atoms with Crippen molar-refractivity contribution >= 4 is 5.84 Å². The maximum absolute atomic E-state index is 6.80. The summed E-state index contributed by atoms with van der Waals surface area (Å²) in [6.45, 7) is 2.20. The van der Waals surface area contributed by atoms with Crippen molar-refractivity contribution in [2.24, 2.45) is 11.5 Å². The van der Waals surface area contributed by atoms with Crippen molar-refractivity contribution in [3.05, 3.63) is 0 Å². The number of nitrogens with two attached hydrogens (primary N) is 2. The third-order valence-corrected chi connectivity index (χ3v) is 0.892. The molecule has 5 nitrogen and oxygen atoms in total. The molecule has 0 aromatic heterocycles. The molecule has 0 aromatic rings. The van der Waals surface area contributed by atoms with Gasteiger partial charge in [-0.15, -0.1) is 0 Å². The summed E-state index contributed by atoms with van der Waals surface area (Å²) in [5.41, 5.74) is 10.2. The molecule has 5 heteroatoms. The highest BCUT2D eigenvalue weighted by atomic mass is 16.5. The van der Waals surface area contributed by atoms with Crippen molar-refractivity contribution in [1.29, 1.82) is 5.41 Å². The fourth-order valence-electron chi connectivity index (χ4n) is 0.485. The summed E-state index contributed by atoms with van der Waals surface area (Å²) >= 11 is 0. The van der Waals surface area contributed by atoms with Crippen molar-refractivity contribution in [2.75, 3.05) is 33.0 Å². The number of amidine groups is 1. The van der Waals surface area contributed by atoms with Crippen LogP contribution in [0.25, 0.3) is 0 Å². The highest BCUT2D eigenvalue weighted by Gasteiger charge is 1.89. The zero-order valence-electron chi connectivity index (χ0n) is 6.51. The molecule has 0 aliphatic heterocycles. The van der Waals surface area contributed by atoms with Crippen molar-refractivity contribution < 1.29 is 9.47 Å². The molecule has 0 spiro atoms. The Hall–Kier alpha value is -0.650. The molecule has 0 aromatic carbocycles.